The molecule has 0 spiro atoms. The second-order valence-corrected chi connectivity index (χ2v) is 6.17. The van der Waals surface area contributed by atoms with Gasteiger partial charge in [-0.3, -0.25) is 0 Å². The van der Waals surface area contributed by atoms with Crippen molar-refractivity contribution in [1.29, 1.82) is 0 Å². The minimum atomic E-state index is -0.626. The Morgan fingerprint density at radius 3 is 2.50 bits per heavy atom. The Morgan fingerprint density at radius 1 is 1.07 bits per heavy atom. The number of ether oxygens (including phenoxy) is 3. The molecule has 28 heavy (non-hydrogen) atoms. The van der Waals surface area contributed by atoms with Crippen LogP contribution < -0.4 is 4.74 Å². The summed E-state index contributed by atoms with van der Waals surface area (Å²) in [7, 11) is 2.71. The second-order valence-electron chi connectivity index (χ2n) is 6.17. The van der Waals surface area contributed by atoms with E-state index in [9.17, 15) is 4.79 Å². The molecular formula is C22H25NO5. The van der Waals surface area contributed by atoms with E-state index in [4.69, 9.17) is 19.0 Å². The van der Waals surface area contributed by atoms with Gasteiger partial charge in [0, 0.05) is 5.56 Å². The van der Waals surface area contributed by atoms with Crippen molar-refractivity contribution in [1.82, 2.24) is 0 Å². The second kappa shape index (κ2) is 10.2. The predicted molar refractivity (Wildman–Crippen MR) is 107 cm³/mol. The van der Waals surface area contributed by atoms with Crippen LogP contribution in [0.5, 0.6) is 5.75 Å². The monoisotopic (exact) mass is 383 g/mol. The van der Waals surface area contributed by atoms with Gasteiger partial charge in [0.15, 0.2) is 0 Å². The fourth-order valence-electron chi connectivity index (χ4n) is 2.40. The molecule has 2 aromatic carbocycles. The van der Waals surface area contributed by atoms with E-state index < -0.39 is 5.97 Å². The maximum Gasteiger partial charge on any atom is 0.377 e. The highest BCUT2D eigenvalue weighted by atomic mass is 16.6. The first-order valence-corrected chi connectivity index (χ1v) is 8.77. The zero-order valence-corrected chi connectivity index (χ0v) is 16.8. The molecule has 0 aliphatic heterocycles. The van der Waals surface area contributed by atoms with Crippen LogP contribution in [0.15, 0.2) is 59.6 Å². The molecule has 0 heterocycles. The molecule has 2 rings (SSSR count). The van der Waals surface area contributed by atoms with Crippen LogP contribution in [-0.4, -0.2) is 25.9 Å². The number of hydrogen-bond acceptors (Lipinski definition) is 6. The number of rotatable bonds is 8. The number of benzene rings is 2. The zero-order chi connectivity index (χ0) is 20.5. The maximum atomic E-state index is 11.8. The Hall–Kier alpha value is -3.28. The van der Waals surface area contributed by atoms with Crippen LogP contribution in [0.25, 0.3) is 0 Å². The summed E-state index contributed by atoms with van der Waals surface area (Å²) in [5.41, 5.74) is 4.59. The van der Waals surface area contributed by atoms with Crippen LogP contribution >= 0.6 is 0 Å². The normalized spacial score (nSPS) is 11.8. The van der Waals surface area contributed by atoms with Gasteiger partial charge < -0.3 is 19.0 Å². The third-order valence-electron chi connectivity index (χ3n) is 4.12. The Morgan fingerprint density at radius 2 is 1.82 bits per heavy atom. The number of oxime groups is 1. The lowest BCUT2D eigenvalue weighted by Gasteiger charge is -2.12. The molecule has 0 fully saturated rings. The molecule has 2 aromatic rings. The van der Waals surface area contributed by atoms with Crippen LogP contribution in [0.2, 0.25) is 0 Å². The summed E-state index contributed by atoms with van der Waals surface area (Å²) in [6.45, 7) is 6.15. The largest absolute Gasteiger partial charge is 0.500 e. The average Bonchev–Trinajstić information content (AvgIpc) is 2.69. The van der Waals surface area contributed by atoms with E-state index in [0.29, 0.717) is 18.1 Å². The van der Waals surface area contributed by atoms with E-state index in [1.54, 1.807) is 6.07 Å². The summed E-state index contributed by atoms with van der Waals surface area (Å²) in [5.74, 6) is -0.172. The Bertz CT molecular complexity index is 886. The number of carbonyl (C=O) groups excluding carboxylic acids is 1. The van der Waals surface area contributed by atoms with Gasteiger partial charge in [-0.1, -0.05) is 41.6 Å². The van der Waals surface area contributed by atoms with Crippen molar-refractivity contribution in [2.45, 2.75) is 27.4 Å². The third-order valence-corrected chi connectivity index (χ3v) is 4.12. The number of nitrogens with zero attached hydrogens (tertiary/aromatic N) is 1. The molecule has 0 saturated carbocycles. The standard InChI is InChI=1S/C22H25NO5/c1-15-8-6-7-9-19(15)13-27-23-17(3)18-11-10-16(2)20(12-18)28-21(14-25-4)22(24)26-5/h6-12,14H,13H2,1-5H3/b21-14-,23-17+. The summed E-state index contributed by atoms with van der Waals surface area (Å²) in [6.07, 6.45) is 1.20. The first-order chi connectivity index (χ1) is 13.5. The quantitative estimate of drug-likeness (QED) is 0.224. The molecule has 0 unspecified atom stereocenters. The SMILES string of the molecule is CO/C=C(\Oc1cc(/C(C)=N/OCc2ccccc2C)ccc1C)C(=O)OC. The summed E-state index contributed by atoms with van der Waals surface area (Å²) in [6, 6.07) is 13.6. The van der Waals surface area contributed by atoms with Crippen LogP contribution in [0.4, 0.5) is 0 Å². The molecule has 0 aromatic heterocycles. The molecule has 0 N–H and O–H groups in total. The minimum Gasteiger partial charge on any atom is -0.500 e. The molecule has 0 bridgehead atoms. The van der Waals surface area contributed by atoms with E-state index in [1.165, 1.54) is 20.5 Å². The molecule has 0 aliphatic rings. The maximum absolute atomic E-state index is 11.8. The fraction of sp³-hybridized carbons (Fsp3) is 0.273. The first kappa shape index (κ1) is 21.0. The van der Waals surface area contributed by atoms with Crippen molar-refractivity contribution in [2.75, 3.05) is 14.2 Å². The highest BCUT2D eigenvalue weighted by Crippen LogP contribution is 2.23. The first-order valence-electron chi connectivity index (χ1n) is 8.77. The smallest absolute Gasteiger partial charge is 0.377 e. The number of hydrogen-bond donors (Lipinski definition) is 0. The summed E-state index contributed by atoms with van der Waals surface area (Å²) in [4.78, 5) is 17.3. The van der Waals surface area contributed by atoms with Gasteiger partial charge >= 0.3 is 5.97 Å². The Labute approximate surface area is 165 Å². The third kappa shape index (κ3) is 5.61. The van der Waals surface area contributed by atoms with Crippen molar-refractivity contribution in [2.24, 2.45) is 5.16 Å². The van der Waals surface area contributed by atoms with Gasteiger partial charge in [-0.05, 0) is 43.5 Å². The number of aryl methyl sites for hydroxylation is 2. The van der Waals surface area contributed by atoms with Gasteiger partial charge in [0.2, 0.25) is 5.76 Å². The molecule has 0 radical (unpaired) electrons. The molecule has 6 heteroatoms. The molecule has 0 aliphatic carbocycles. The zero-order valence-electron chi connectivity index (χ0n) is 16.8. The summed E-state index contributed by atoms with van der Waals surface area (Å²) < 4.78 is 15.3. The lowest BCUT2D eigenvalue weighted by Crippen LogP contribution is -2.12. The van der Waals surface area contributed by atoms with Crippen molar-refractivity contribution >= 4 is 11.7 Å². The molecule has 0 amide bonds. The lowest BCUT2D eigenvalue weighted by molar-refractivity contribution is -0.138. The van der Waals surface area contributed by atoms with Crippen LogP contribution in [0, 0.1) is 13.8 Å². The number of carbonyl (C=O) groups is 1. The summed E-state index contributed by atoms with van der Waals surface area (Å²) >= 11 is 0. The van der Waals surface area contributed by atoms with Gasteiger partial charge in [0.05, 0.1) is 19.9 Å². The molecular weight excluding hydrogens is 358 g/mol. The van der Waals surface area contributed by atoms with E-state index >= 15 is 0 Å². The van der Waals surface area contributed by atoms with E-state index in [0.717, 1.165) is 22.3 Å². The predicted octanol–water partition coefficient (Wildman–Crippen LogP) is 4.28. The van der Waals surface area contributed by atoms with Gasteiger partial charge in [-0.15, -0.1) is 0 Å². The molecule has 0 saturated heterocycles. The van der Waals surface area contributed by atoms with Crippen molar-refractivity contribution in [3.05, 3.63) is 76.7 Å². The van der Waals surface area contributed by atoms with Gasteiger partial charge in [-0.25, -0.2) is 4.79 Å². The molecule has 148 valence electrons. The lowest BCUT2D eigenvalue weighted by atomic mass is 10.1. The molecule has 6 nitrogen and oxygen atoms in total. The fourth-order valence-corrected chi connectivity index (χ4v) is 2.40. The Balaban J connectivity index is 2.15. The van der Waals surface area contributed by atoms with Crippen molar-refractivity contribution in [3.8, 4) is 5.75 Å². The minimum absolute atomic E-state index is 0.0457. The Kier molecular flexibility index (Phi) is 7.63. The average molecular weight is 383 g/mol. The topological polar surface area (TPSA) is 66.3 Å². The highest BCUT2D eigenvalue weighted by Gasteiger charge is 2.15. The summed E-state index contributed by atoms with van der Waals surface area (Å²) in [5, 5.41) is 4.20. The number of methoxy groups -OCH3 is 2. The number of esters is 1. The van der Waals surface area contributed by atoms with Crippen LogP contribution in [-0.2, 0) is 25.7 Å². The van der Waals surface area contributed by atoms with Crippen LogP contribution in [0.1, 0.15) is 29.2 Å². The van der Waals surface area contributed by atoms with E-state index in [1.807, 2.05) is 57.2 Å². The van der Waals surface area contributed by atoms with Crippen LogP contribution in [0.3, 0.4) is 0 Å². The highest BCUT2D eigenvalue weighted by molar-refractivity contribution is 5.98. The van der Waals surface area contributed by atoms with E-state index in [2.05, 4.69) is 5.16 Å². The molecule has 0 atom stereocenters. The van der Waals surface area contributed by atoms with Crippen molar-refractivity contribution in [3.63, 3.8) is 0 Å². The van der Waals surface area contributed by atoms with Gasteiger partial charge in [0.1, 0.15) is 18.6 Å². The van der Waals surface area contributed by atoms with Gasteiger partial charge in [0.25, 0.3) is 0 Å². The van der Waals surface area contributed by atoms with Gasteiger partial charge in [-0.2, -0.15) is 0 Å². The van der Waals surface area contributed by atoms with E-state index in [-0.39, 0.29) is 5.76 Å². The van der Waals surface area contributed by atoms with Crippen molar-refractivity contribution < 1.29 is 23.8 Å².